The zero-order valence-corrected chi connectivity index (χ0v) is 20.2. The zero-order chi connectivity index (χ0) is 23.5. The topological polar surface area (TPSA) is 104 Å². The van der Waals surface area contributed by atoms with E-state index in [9.17, 15) is 23.1 Å². The highest BCUT2D eigenvalue weighted by Gasteiger charge is 2.36. The molecule has 2 aromatic rings. The Labute approximate surface area is 193 Å². The van der Waals surface area contributed by atoms with Gasteiger partial charge in [-0.1, -0.05) is 37.3 Å². The summed E-state index contributed by atoms with van der Waals surface area (Å²) in [6.45, 7) is 3.82. The maximum atomic E-state index is 13.7. The first-order valence-electron chi connectivity index (χ1n) is 10.8. The molecule has 1 fully saturated rings. The Morgan fingerprint density at radius 1 is 1.19 bits per heavy atom. The first-order valence-corrected chi connectivity index (χ1v) is 13.3. The predicted octanol–water partition coefficient (Wildman–Crippen LogP) is 4.21. The van der Waals surface area contributed by atoms with Crippen LogP contribution in [0.25, 0.3) is 10.4 Å². The van der Waals surface area contributed by atoms with Gasteiger partial charge >= 0.3 is 5.97 Å². The van der Waals surface area contributed by atoms with Gasteiger partial charge in [-0.05, 0) is 57.2 Å². The number of nitrogens with one attached hydrogen (secondary N) is 1. The molecule has 9 heteroatoms. The van der Waals surface area contributed by atoms with Gasteiger partial charge < -0.3 is 5.11 Å². The molecule has 1 heterocycles. The Bertz CT molecular complexity index is 1060. The van der Waals surface area contributed by atoms with E-state index in [2.05, 4.69) is 11.6 Å². The van der Waals surface area contributed by atoms with Crippen molar-refractivity contribution in [3.05, 3.63) is 42.0 Å². The summed E-state index contributed by atoms with van der Waals surface area (Å²) in [5, 5.41) is 10.2. The minimum absolute atomic E-state index is 0.0140. The highest BCUT2D eigenvalue weighted by atomic mass is 32.2. The molecule has 0 aliphatic heterocycles. The molecule has 1 atom stereocenters. The smallest absolute Gasteiger partial charge is 0.338 e. The number of carboxylic acids is 1. The van der Waals surface area contributed by atoms with Crippen LogP contribution >= 0.6 is 11.3 Å². The molecule has 0 bridgehead atoms. The number of hydrogen-bond donors (Lipinski definition) is 2. The summed E-state index contributed by atoms with van der Waals surface area (Å²) >= 11 is 1.21. The average Bonchev–Trinajstić information content (AvgIpc) is 3.20. The van der Waals surface area contributed by atoms with E-state index in [-0.39, 0.29) is 23.1 Å². The van der Waals surface area contributed by atoms with Crippen molar-refractivity contribution in [2.45, 2.75) is 45.6 Å². The van der Waals surface area contributed by atoms with Gasteiger partial charge in [-0.2, -0.15) is 0 Å². The number of carboxylic acid groups (broad SMARTS) is 1. The number of thiophene rings is 1. The first kappa shape index (κ1) is 24.4. The fraction of sp³-hybridized carbons (Fsp3) is 0.478. The SMILES string of the molecule is CNS(=O)(=O)CC(C)N(C(=O)C1CCC(C)CC1)c1sc(-c2ccccc2)cc1C(=O)O. The number of hydrogen-bond acceptors (Lipinski definition) is 5. The van der Waals surface area contributed by atoms with Gasteiger partial charge in [0.1, 0.15) is 5.00 Å². The molecular formula is C23H30N2O5S2. The van der Waals surface area contributed by atoms with Crippen molar-refractivity contribution >= 4 is 38.2 Å². The standard InChI is InChI=1S/C23H30N2O5S2/c1-15-9-11-18(12-10-15)21(26)25(16(2)14-32(29,30)24-3)22-19(23(27)28)13-20(31-22)17-7-5-4-6-8-17/h4-8,13,15-16,18,24H,9-12,14H2,1-3H3,(H,27,28). The number of sulfonamides is 1. The molecule has 1 aromatic heterocycles. The molecule has 0 spiro atoms. The van der Waals surface area contributed by atoms with Crippen LogP contribution in [-0.2, 0) is 14.8 Å². The van der Waals surface area contributed by atoms with Crippen molar-refractivity contribution in [1.29, 1.82) is 0 Å². The van der Waals surface area contributed by atoms with Gasteiger partial charge in [-0.25, -0.2) is 17.9 Å². The van der Waals surface area contributed by atoms with Gasteiger partial charge in [-0.15, -0.1) is 11.3 Å². The Morgan fingerprint density at radius 3 is 2.38 bits per heavy atom. The van der Waals surface area contributed by atoms with E-state index in [1.807, 2.05) is 30.3 Å². The van der Waals surface area contributed by atoms with Crippen LogP contribution in [-0.4, -0.2) is 44.2 Å². The third-order valence-electron chi connectivity index (χ3n) is 6.03. The van der Waals surface area contributed by atoms with Gasteiger partial charge in [0.05, 0.1) is 17.4 Å². The molecule has 1 unspecified atom stereocenters. The van der Waals surface area contributed by atoms with Crippen molar-refractivity contribution in [1.82, 2.24) is 4.72 Å². The van der Waals surface area contributed by atoms with E-state index >= 15 is 0 Å². The van der Waals surface area contributed by atoms with Crippen LogP contribution in [0.1, 0.15) is 49.9 Å². The molecule has 1 saturated carbocycles. The Morgan fingerprint density at radius 2 is 1.81 bits per heavy atom. The van der Waals surface area contributed by atoms with Crippen molar-refractivity contribution in [2.75, 3.05) is 17.7 Å². The third kappa shape index (κ3) is 5.57. The van der Waals surface area contributed by atoms with E-state index in [1.54, 1.807) is 13.0 Å². The minimum Gasteiger partial charge on any atom is -0.478 e. The summed E-state index contributed by atoms with van der Waals surface area (Å²) in [5.74, 6) is -1.34. The van der Waals surface area contributed by atoms with E-state index in [0.717, 1.165) is 36.1 Å². The molecule has 3 rings (SSSR count). The Hall–Kier alpha value is -2.23. The number of rotatable bonds is 8. The lowest BCUT2D eigenvalue weighted by molar-refractivity contribution is -0.123. The number of aromatic carboxylic acids is 1. The largest absolute Gasteiger partial charge is 0.478 e. The molecule has 32 heavy (non-hydrogen) atoms. The summed E-state index contributed by atoms with van der Waals surface area (Å²) in [7, 11) is -2.28. The normalized spacial score (nSPS) is 20.0. The van der Waals surface area contributed by atoms with Gasteiger partial charge in [0.15, 0.2) is 0 Å². The van der Waals surface area contributed by atoms with Gasteiger partial charge in [0, 0.05) is 10.8 Å². The number of carbonyl (C=O) groups is 2. The number of carbonyl (C=O) groups excluding carboxylic acids is 1. The molecule has 1 aliphatic carbocycles. The molecular weight excluding hydrogens is 448 g/mol. The molecule has 174 valence electrons. The van der Waals surface area contributed by atoms with Crippen molar-refractivity contribution in [2.24, 2.45) is 11.8 Å². The van der Waals surface area contributed by atoms with Crippen molar-refractivity contribution in [3.8, 4) is 10.4 Å². The number of anilines is 1. The van der Waals surface area contributed by atoms with Crippen LogP contribution in [0.4, 0.5) is 5.00 Å². The Kier molecular flexibility index (Phi) is 7.74. The summed E-state index contributed by atoms with van der Waals surface area (Å²) in [5.41, 5.74) is 0.862. The lowest BCUT2D eigenvalue weighted by atomic mass is 9.82. The van der Waals surface area contributed by atoms with Crippen molar-refractivity contribution < 1.29 is 23.1 Å². The second-order valence-electron chi connectivity index (χ2n) is 8.50. The van der Waals surface area contributed by atoms with Crippen LogP contribution < -0.4 is 9.62 Å². The zero-order valence-electron chi connectivity index (χ0n) is 18.6. The maximum Gasteiger partial charge on any atom is 0.338 e. The van der Waals surface area contributed by atoms with Crippen molar-refractivity contribution in [3.63, 3.8) is 0 Å². The fourth-order valence-corrected chi connectivity index (χ4v) is 6.37. The molecule has 1 aromatic carbocycles. The highest BCUT2D eigenvalue weighted by Crippen LogP contribution is 2.41. The summed E-state index contributed by atoms with van der Waals surface area (Å²) in [4.78, 5) is 27.9. The van der Waals surface area contributed by atoms with E-state index in [1.165, 1.54) is 23.3 Å². The lowest BCUT2D eigenvalue weighted by Crippen LogP contribution is -2.47. The van der Waals surface area contributed by atoms with E-state index < -0.39 is 22.0 Å². The van der Waals surface area contributed by atoms with E-state index in [0.29, 0.717) is 10.9 Å². The van der Waals surface area contributed by atoms with Crippen LogP contribution in [0.15, 0.2) is 36.4 Å². The summed E-state index contributed by atoms with van der Waals surface area (Å²) < 4.78 is 26.8. The number of benzene rings is 1. The number of amides is 1. The van der Waals surface area contributed by atoms with Gasteiger partial charge in [0.2, 0.25) is 15.9 Å². The minimum atomic E-state index is -3.61. The average molecular weight is 479 g/mol. The third-order valence-corrected chi connectivity index (χ3v) is 8.76. The summed E-state index contributed by atoms with van der Waals surface area (Å²) in [6.07, 6.45) is 3.31. The fourth-order valence-electron chi connectivity index (χ4n) is 4.15. The molecule has 2 N–H and O–H groups in total. The molecule has 0 saturated heterocycles. The first-order chi connectivity index (χ1) is 15.1. The lowest BCUT2D eigenvalue weighted by Gasteiger charge is -2.34. The second-order valence-corrected chi connectivity index (χ2v) is 11.5. The highest BCUT2D eigenvalue weighted by molar-refractivity contribution is 7.89. The second kappa shape index (κ2) is 10.1. The maximum absolute atomic E-state index is 13.7. The molecule has 1 aliphatic rings. The van der Waals surface area contributed by atoms with E-state index in [4.69, 9.17) is 0 Å². The number of nitrogens with zero attached hydrogens (tertiary/aromatic N) is 1. The molecule has 7 nitrogen and oxygen atoms in total. The monoisotopic (exact) mass is 478 g/mol. The quantitative estimate of drug-likeness (QED) is 0.591. The molecule has 1 amide bonds. The van der Waals surface area contributed by atoms with Crippen LogP contribution in [0.5, 0.6) is 0 Å². The van der Waals surface area contributed by atoms with Crippen LogP contribution in [0, 0.1) is 11.8 Å². The van der Waals surface area contributed by atoms with Gasteiger partial charge in [-0.3, -0.25) is 9.69 Å². The predicted molar refractivity (Wildman–Crippen MR) is 128 cm³/mol. The van der Waals surface area contributed by atoms with Gasteiger partial charge in [0.25, 0.3) is 0 Å². The van der Waals surface area contributed by atoms with Crippen LogP contribution in [0.2, 0.25) is 0 Å². The summed E-state index contributed by atoms with van der Waals surface area (Å²) in [6, 6.07) is 10.2. The molecule has 0 radical (unpaired) electrons. The van der Waals surface area contributed by atoms with Crippen LogP contribution in [0.3, 0.4) is 0 Å². The Balaban J connectivity index is 2.06.